The molecule has 0 radical (unpaired) electrons. The van der Waals surface area contributed by atoms with Crippen LogP contribution in [-0.2, 0) is 7.05 Å². The highest BCUT2D eigenvalue weighted by Crippen LogP contribution is 2.42. The third-order valence-corrected chi connectivity index (χ3v) is 5.58. The predicted molar refractivity (Wildman–Crippen MR) is 98.4 cm³/mol. The quantitative estimate of drug-likeness (QED) is 0.907. The fraction of sp³-hybridized carbons (Fsp3) is 0.632. The topological polar surface area (TPSA) is 58.9 Å². The van der Waals surface area contributed by atoms with E-state index in [2.05, 4.69) is 43.1 Å². The standard InChI is InChI=1S/C19H28N6/c1-13-11-20-14(2)19(23-13)21-12-15-5-4-10-25(16-6-7-16)18(15)17-8-9-22-24(17)3/h8-9,11,15-16,18H,4-7,10,12H2,1-3H3,(H,21,23)/t15-,18+/m0/s1. The Morgan fingerprint density at radius 1 is 1.24 bits per heavy atom. The summed E-state index contributed by atoms with van der Waals surface area (Å²) in [4.78, 5) is 11.8. The number of aryl methyl sites for hydroxylation is 3. The zero-order valence-electron chi connectivity index (χ0n) is 15.4. The number of piperidine rings is 1. The van der Waals surface area contributed by atoms with Crippen molar-refractivity contribution in [2.45, 2.75) is 51.6 Å². The average Bonchev–Trinajstić information content (AvgIpc) is 3.37. The smallest absolute Gasteiger partial charge is 0.147 e. The summed E-state index contributed by atoms with van der Waals surface area (Å²) in [5.41, 5.74) is 3.27. The molecule has 0 aromatic carbocycles. The fourth-order valence-corrected chi connectivity index (χ4v) is 4.15. The molecule has 1 aliphatic heterocycles. The van der Waals surface area contributed by atoms with Crippen LogP contribution in [0.2, 0.25) is 0 Å². The van der Waals surface area contributed by atoms with Gasteiger partial charge >= 0.3 is 0 Å². The maximum absolute atomic E-state index is 4.62. The largest absolute Gasteiger partial charge is 0.368 e. The van der Waals surface area contributed by atoms with Gasteiger partial charge < -0.3 is 5.32 Å². The molecule has 2 aromatic heterocycles. The first kappa shape index (κ1) is 16.5. The van der Waals surface area contributed by atoms with Crippen LogP contribution >= 0.6 is 0 Å². The van der Waals surface area contributed by atoms with E-state index in [0.717, 1.165) is 29.8 Å². The van der Waals surface area contributed by atoms with Gasteiger partial charge in [-0.2, -0.15) is 5.10 Å². The van der Waals surface area contributed by atoms with Crippen LogP contribution < -0.4 is 5.32 Å². The van der Waals surface area contributed by atoms with Gasteiger partial charge in [-0.05, 0) is 58.1 Å². The molecule has 4 rings (SSSR count). The number of hydrogen-bond donors (Lipinski definition) is 1. The van der Waals surface area contributed by atoms with Crippen LogP contribution in [0.3, 0.4) is 0 Å². The molecule has 2 atom stereocenters. The second kappa shape index (κ2) is 6.75. The summed E-state index contributed by atoms with van der Waals surface area (Å²) in [6.07, 6.45) is 8.96. The van der Waals surface area contributed by atoms with Crippen molar-refractivity contribution >= 4 is 5.82 Å². The van der Waals surface area contributed by atoms with E-state index >= 15 is 0 Å². The van der Waals surface area contributed by atoms with E-state index in [9.17, 15) is 0 Å². The molecule has 0 spiro atoms. The minimum Gasteiger partial charge on any atom is -0.368 e. The first-order chi connectivity index (χ1) is 12.1. The van der Waals surface area contributed by atoms with E-state index < -0.39 is 0 Å². The molecular weight excluding hydrogens is 312 g/mol. The van der Waals surface area contributed by atoms with E-state index in [1.165, 1.54) is 37.9 Å². The summed E-state index contributed by atoms with van der Waals surface area (Å²) in [5, 5.41) is 8.02. The van der Waals surface area contributed by atoms with Gasteiger partial charge in [0.05, 0.1) is 23.1 Å². The monoisotopic (exact) mass is 340 g/mol. The molecule has 6 heteroatoms. The molecule has 134 valence electrons. The lowest BCUT2D eigenvalue weighted by Gasteiger charge is -2.42. The Hall–Kier alpha value is -1.95. The Morgan fingerprint density at radius 2 is 2.08 bits per heavy atom. The van der Waals surface area contributed by atoms with Crippen molar-refractivity contribution in [3.63, 3.8) is 0 Å². The maximum atomic E-state index is 4.62. The number of hydrogen-bond acceptors (Lipinski definition) is 5. The first-order valence-corrected chi connectivity index (χ1v) is 9.41. The second-order valence-corrected chi connectivity index (χ2v) is 7.52. The molecule has 2 aliphatic rings. The lowest BCUT2D eigenvalue weighted by molar-refractivity contribution is 0.0841. The van der Waals surface area contributed by atoms with Crippen molar-refractivity contribution in [2.24, 2.45) is 13.0 Å². The minimum absolute atomic E-state index is 0.444. The first-order valence-electron chi connectivity index (χ1n) is 9.41. The normalized spacial score (nSPS) is 24.4. The second-order valence-electron chi connectivity index (χ2n) is 7.52. The summed E-state index contributed by atoms with van der Waals surface area (Å²) in [6.45, 7) is 6.15. The number of likely N-dealkylation sites (tertiary alicyclic amines) is 1. The van der Waals surface area contributed by atoms with Crippen molar-refractivity contribution in [1.29, 1.82) is 0 Å². The third-order valence-electron chi connectivity index (χ3n) is 5.58. The molecule has 1 saturated carbocycles. The maximum Gasteiger partial charge on any atom is 0.147 e. The Morgan fingerprint density at radius 3 is 2.80 bits per heavy atom. The van der Waals surface area contributed by atoms with Gasteiger partial charge in [-0.15, -0.1) is 0 Å². The summed E-state index contributed by atoms with van der Waals surface area (Å²) in [5.74, 6) is 1.48. The van der Waals surface area contributed by atoms with Gasteiger partial charge in [0.2, 0.25) is 0 Å². The fourth-order valence-electron chi connectivity index (χ4n) is 4.15. The van der Waals surface area contributed by atoms with Crippen LogP contribution in [0, 0.1) is 19.8 Å². The van der Waals surface area contributed by atoms with Gasteiger partial charge in [-0.1, -0.05) is 0 Å². The third kappa shape index (κ3) is 3.40. The molecule has 2 aromatic rings. The van der Waals surface area contributed by atoms with E-state index in [1.54, 1.807) is 0 Å². The Labute approximate surface area is 149 Å². The molecule has 0 unspecified atom stereocenters. The van der Waals surface area contributed by atoms with Crippen LogP contribution in [0.1, 0.15) is 48.8 Å². The molecule has 1 N–H and O–H groups in total. The van der Waals surface area contributed by atoms with E-state index in [0.29, 0.717) is 12.0 Å². The van der Waals surface area contributed by atoms with Gasteiger partial charge in [-0.25, -0.2) is 4.98 Å². The Kier molecular flexibility index (Phi) is 4.46. The van der Waals surface area contributed by atoms with Gasteiger partial charge in [0.25, 0.3) is 0 Å². The van der Waals surface area contributed by atoms with E-state index in [1.807, 2.05) is 26.2 Å². The molecular formula is C19H28N6. The van der Waals surface area contributed by atoms with Crippen LogP contribution in [0.25, 0.3) is 0 Å². The van der Waals surface area contributed by atoms with Crippen LogP contribution in [0.5, 0.6) is 0 Å². The Balaban J connectivity index is 1.55. The molecule has 6 nitrogen and oxygen atoms in total. The highest BCUT2D eigenvalue weighted by molar-refractivity contribution is 5.39. The predicted octanol–water partition coefficient (Wildman–Crippen LogP) is 2.85. The van der Waals surface area contributed by atoms with Crippen LogP contribution in [0.15, 0.2) is 18.5 Å². The van der Waals surface area contributed by atoms with Crippen LogP contribution in [0.4, 0.5) is 5.82 Å². The lowest BCUT2D eigenvalue weighted by Crippen LogP contribution is -2.43. The molecule has 1 saturated heterocycles. The summed E-state index contributed by atoms with van der Waals surface area (Å²) >= 11 is 0. The van der Waals surface area contributed by atoms with E-state index in [4.69, 9.17) is 0 Å². The lowest BCUT2D eigenvalue weighted by atomic mass is 9.86. The molecule has 25 heavy (non-hydrogen) atoms. The highest BCUT2D eigenvalue weighted by atomic mass is 15.3. The molecule has 1 aliphatic carbocycles. The zero-order chi connectivity index (χ0) is 17.4. The van der Waals surface area contributed by atoms with Crippen molar-refractivity contribution in [1.82, 2.24) is 24.6 Å². The molecule has 0 amide bonds. The van der Waals surface area contributed by atoms with Gasteiger partial charge in [0, 0.05) is 32.0 Å². The number of anilines is 1. The van der Waals surface area contributed by atoms with Crippen molar-refractivity contribution in [3.8, 4) is 0 Å². The SMILES string of the molecule is Cc1cnc(C)c(NC[C@@H]2CCCN(C3CC3)[C@H]2c2ccnn2C)n1. The number of rotatable bonds is 5. The number of aromatic nitrogens is 4. The summed E-state index contributed by atoms with van der Waals surface area (Å²) in [6, 6.07) is 3.40. The van der Waals surface area contributed by atoms with Crippen molar-refractivity contribution in [2.75, 3.05) is 18.4 Å². The van der Waals surface area contributed by atoms with Gasteiger partial charge in [0.1, 0.15) is 5.82 Å². The minimum atomic E-state index is 0.444. The number of nitrogens with zero attached hydrogens (tertiary/aromatic N) is 5. The van der Waals surface area contributed by atoms with Gasteiger partial charge in [0.15, 0.2) is 0 Å². The molecule has 0 bridgehead atoms. The van der Waals surface area contributed by atoms with Crippen LogP contribution in [-0.4, -0.2) is 43.8 Å². The zero-order valence-corrected chi connectivity index (χ0v) is 15.4. The molecule has 3 heterocycles. The average molecular weight is 340 g/mol. The Bertz CT molecular complexity index is 735. The van der Waals surface area contributed by atoms with Crippen molar-refractivity contribution in [3.05, 3.63) is 35.5 Å². The highest BCUT2D eigenvalue weighted by Gasteiger charge is 2.41. The van der Waals surface area contributed by atoms with E-state index in [-0.39, 0.29) is 0 Å². The summed E-state index contributed by atoms with van der Waals surface area (Å²) < 4.78 is 2.05. The number of nitrogens with one attached hydrogen (secondary N) is 1. The van der Waals surface area contributed by atoms with Gasteiger partial charge in [-0.3, -0.25) is 14.6 Å². The van der Waals surface area contributed by atoms with Crippen molar-refractivity contribution < 1.29 is 0 Å². The molecule has 2 fully saturated rings. The summed E-state index contributed by atoms with van der Waals surface area (Å²) in [7, 11) is 2.07.